The Balaban J connectivity index is 0.00000364. The third-order valence-electron chi connectivity index (χ3n) is 4.91. The first kappa shape index (κ1) is 24.1. The van der Waals surface area contributed by atoms with E-state index in [9.17, 15) is 5.11 Å². The van der Waals surface area contributed by atoms with Crippen LogP contribution in [0.25, 0.3) is 0 Å². The van der Waals surface area contributed by atoms with E-state index in [0.717, 1.165) is 50.8 Å². The molecular weight excluding hydrogens is 453 g/mol. The molecule has 0 aromatic heterocycles. The monoisotopic (exact) mass is 489 g/mol. The summed E-state index contributed by atoms with van der Waals surface area (Å²) in [5, 5.41) is 16.9. The first-order valence-corrected chi connectivity index (χ1v) is 9.78. The number of hydrogen-bond donors (Lipinski definition) is 3. The van der Waals surface area contributed by atoms with Crippen LogP contribution in [0, 0.1) is 0 Å². The molecule has 0 amide bonds. The summed E-state index contributed by atoms with van der Waals surface area (Å²) in [6.45, 7) is 11.1. The lowest BCUT2D eigenvalue weighted by Gasteiger charge is -2.35. The standard InChI is InChI=1S/C20H35N5O.HI/c1-4-21-20(22-11-10-19(26)18-8-6-5-7-9-18)23-16-17(2)25-14-12-24(3)13-15-25;/h5-9,17,19,26H,4,10-16H2,1-3H3,(H2,21,22,23);1H. The predicted molar refractivity (Wildman–Crippen MR) is 124 cm³/mol. The summed E-state index contributed by atoms with van der Waals surface area (Å²) in [4.78, 5) is 9.61. The largest absolute Gasteiger partial charge is 0.388 e. The van der Waals surface area contributed by atoms with Crippen LogP contribution in [-0.4, -0.2) is 79.8 Å². The second-order valence-corrected chi connectivity index (χ2v) is 7.05. The smallest absolute Gasteiger partial charge is 0.191 e. The van der Waals surface area contributed by atoms with Gasteiger partial charge in [0.1, 0.15) is 0 Å². The number of benzene rings is 1. The maximum atomic E-state index is 10.3. The van der Waals surface area contributed by atoms with Gasteiger partial charge < -0.3 is 20.6 Å². The molecule has 1 aliphatic heterocycles. The Kier molecular flexibility index (Phi) is 11.9. The molecule has 2 unspecified atom stereocenters. The first-order chi connectivity index (χ1) is 12.6. The first-order valence-electron chi connectivity index (χ1n) is 9.78. The number of aliphatic hydroxyl groups is 1. The third-order valence-corrected chi connectivity index (χ3v) is 4.91. The fourth-order valence-electron chi connectivity index (χ4n) is 3.11. The van der Waals surface area contributed by atoms with Crippen LogP contribution >= 0.6 is 24.0 Å². The zero-order valence-electron chi connectivity index (χ0n) is 16.9. The summed E-state index contributed by atoms with van der Waals surface area (Å²) in [5.41, 5.74) is 0.958. The van der Waals surface area contributed by atoms with E-state index in [-0.39, 0.29) is 24.0 Å². The Hall–Kier alpha value is -0.900. The maximum absolute atomic E-state index is 10.3. The Labute approximate surface area is 181 Å². The van der Waals surface area contributed by atoms with Crippen LogP contribution in [-0.2, 0) is 0 Å². The van der Waals surface area contributed by atoms with Crippen molar-refractivity contribution < 1.29 is 5.11 Å². The number of piperazine rings is 1. The number of aliphatic hydroxyl groups excluding tert-OH is 1. The van der Waals surface area contributed by atoms with Gasteiger partial charge in [-0.15, -0.1) is 24.0 Å². The highest BCUT2D eigenvalue weighted by Gasteiger charge is 2.18. The predicted octanol–water partition coefficient (Wildman–Crippen LogP) is 1.92. The summed E-state index contributed by atoms with van der Waals surface area (Å²) in [7, 11) is 2.18. The second kappa shape index (κ2) is 13.3. The van der Waals surface area contributed by atoms with E-state index < -0.39 is 6.10 Å². The molecule has 0 spiro atoms. The highest BCUT2D eigenvalue weighted by Crippen LogP contribution is 2.14. The number of hydrogen-bond acceptors (Lipinski definition) is 4. The lowest BCUT2D eigenvalue weighted by Crippen LogP contribution is -2.49. The molecule has 1 fully saturated rings. The molecule has 7 heteroatoms. The number of guanidine groups is 1. The number of likely N-dealkylation sites (N-methyl/N-ethyl adjacent to an activating group) is 1. The minimum Gasteiger partial charge on any atom is -0.388 e. The topological polar surface area (TPSA) is 63.1 Å². The van der Waals surface area contributed by atoms with E-state index in [1.54, 1.807) is 0 Å². The lowest BCUT2D eigenvalue weighted by atomic mass is 10.1. The van der Waals surface area contributed by atoms with Gasteiger partial charge in [0.2, 0.25) is 0 Å². The van der Waals surface area contributed by atoms with E-state index in [0.29, 0.717) is 19.0 Å². The van der Waals surface area contributed by atoms with Crippen LogP contribution in [0.2, 0.25) is 0 Å². The van der Waals surface area contributed by atoms with Crippen LogP contribution in [0.15, 0.2) is 35.3 Å². The van der Waals surface area contributed by atoms with E-state index in [2.05, 4.69) is 41.3 Å². The molecule has 1 aromatic carbocycles. The van der Waals surface area contributed by atoms with E-state index in [1.807, 2.05) is 30.3 Å². The van der Waals surface area contributed by atoms with Gasteiger partial charge in [-0.1, -0.05) is 30.3 Å². The third kappa shape index (κ3) is 8.76. The van der Waals surface area contributed by atoms with Gasteiger partial charge in [0.25, 0.3) is 0 Å². The van der Waals surface area contributed by atoms with Crippen molar-refractivity contribution in [1.82, 2.24) is 20.4 Å². The highest BCUT2D eigenvalue weighted by molar-refractivity contribution is 14.0. The molecule has 154 valence electrons. The summed E-state index contributed by atoms with van der Waals surface area (Å²) < 4.78 is 0. The molecule has 2 atom stereocenters. The molecule has 0 radical (unpaired) electrons. The average Bonchev–Trinajstić information content (AvgIpc) is 2.67. The Morgan fingerprint density at radius 3 is 2.44 bits per heavy atom. The molecule has 6 nitrogen and oxygen atoms in total. The van der Waals surface area contributed by atoms with Crippen LogP contribution in [0.1, 0.15) is 31.9 Å². The molecule has 2 rings (SSSR count). The molecular formula is C20H36IN5O. The van der Waals surface area contributed by atoms with Crippen LogP contribution in [0.3, 0.4) is 0 Å². The van der Waals surface area contributed by atoms with Crippen LogP contribution < -0.4 is 10.6 Å². The lowest BCUT2D eigenvalue weighted by molar-refractivity contribution is 0.122. The average molecular weight is 489 g/mol. The molecule has 1 heterocycles. The van der Waals surface area contributed by atoms with Crippen molar-refractivity contribution in [2.75, 3.05) is 52.9 Å². The Morgan fingerprint density at radius 2 is 1.81 bits per heavy atom. The number of halogens is 1. The Morgan fingerprint density at radius 1 is 1.15 bits per heavy atom. The van der Waals surface area contributed by atoms with Gasteiger partial charge in [-0.25, -0.2) is 0 Å². The molecule has 0 bridgehead atoms. The van der Waals surface area contributed by atoms with Crippen molar-refractivity contribution in [1.29, 1.82) is 0 Å². The molecule has 0 aliphatic carbocycles. The molecule has 27 heavy (non-hydrogen) atoms. The maximum Gasteiger partial charge on any atom is 0.191 e. The van der Waals surface area contributed by atoms with Crippen molar-refractivity contribution in [3.63, 3.8) is 0 Å². The number of nitrogens with zero attached hydrogens (tertiary/aromatic N) is 3. The molecule has 3 N–H and O–H groups in total. The fraction of sp³-hybridized carbons (Fsp3) is 0.650. The van der Waals surface area contributed by atoms with Gasteiger partial charge in [0.05, 0.1) is 12.6 Å². The number of aliphatic imine (C=N–C) groups is 1. The summed E-state index contributed by atoms with van der Waals surface area (Å²) in [5.74, 6) is 0.828. The zero-order chi connectivity index (χ0) is 18.8. The van der Waals surface area contributed by atoms with Crippen molar-refractivity contribution in [2.24, 2.45) is 4.99 Å². The normalized spacial score (nSPS) is 18.4. The van der Waals surface area contributed by atoms with Crippen LogP contribution in [0.4, 0.5) is 0 Å². The molecule has 0 saturated carbocycles. The molecule has 1 aliphatic rings. The molecule has 1 aromatic rings. The van der Waals surface area contributed by atoms with Crippen LogP contribution in [0.5, 0.6) is 0 Å². The van der Waals surface area contributed by atoms with E-state index in [1.165, 1.54) is 0 Å². The van der Waals surface area contributed by atoms with Crippen molar-refractivity contribution in [3.05, 3.63) is 35.9 Å². The number of nitrogens with one attached hydrogen (secondary N) is 2. The second-order valence-electron chi connectivity index (χ2n) is 7.05. The van der Waals surface area contributed by atoms with Crippen molar-refractivity contribution in [3.8, 4) is 0 Å². The van der Waals surface area contributed by atoms with Gasteiger partial charge >= 0.3 is 0 Å². The van der Waals surface area contributed by atoms with Gasteiger partial charge in [-0.2, -0.15) is 0 Å². The minimum atomic E-state index is -0.448. The Bertz CT molecular complexity index is 534. The van der Waals surface area contributed by atoms with Gasteiger partial charge in [0.15, 0.2) is 5.96 Å². The van der Waals surface area contributed by atoms with E-state index >= 15 is 0 Å². The van der Waals surface area contributed by atoms with Crippen molar-refractivity contribution >= 4 is 29.9 Å². The highest BCUT2D eigenvalue weighted by atomic mass is 127. The van der Waals surface area contributed by atoms with Gasteiger partial charge in [-0.05, 0) is 32.9 Å². The van der Waals surface area contributed by atoms with E-state index in [4.69, 9.17) is 4.99 Å². The summed E-state index contributed by atoms with van der Waals surface area (Å²) in [6, 6.07) is 10.2. The van der Waals surface area contributed by atoms with Gasteiger partial charge in [-0.3, -0.25) is 9.89 Å². The van der Waals surface area contributed by atoms with Crippen molar-refractivity contribution in [2.45, 2.75) is 32.4 Å². The SMILES string of the molecule is CCNC(=NCC(C)N1CCN(C)CC1)NCCC(O)c1ccccc1.I. The summed E-state index contributed by atoms with van der Waals surface area (Å²) in [6.07, 6.45) is 0.207. The molecule has 1 saturated heterocycles. The van der Waals surface area contributed by atoms with Gasteiger partial charge in [0, 0.05) is 45.3 Å². The minimum absolute atomic E-state index is 0. The zero-order valence-corrected chi connectivity index (χ0v) is 19.2. The fourth-order valence-corrected chi connectivity index (χ4v) is 3.11. The quantitative estimate of drug-likeness (QED) is 0.296. The number of rotatable bonds is 8. The summed E-state index contributed by atoms with van der Waals surface area (Å²) >= 11 is 0.